The van der Waals surface area contributed by atoms with Crippen molar-refractivity contribution in [2.45, 2.75) is 19.4 Å². The maximum absolute atomic E-state index is 6.04. The summed E-state index contributed by atoms with van der Waals surface area (Å²) in [5.74, 6) is 0. The normalized spacial score (nSPS) is 12.4. The van der Waals surface area contributed by atoms with Gasteiger partial charge in [0, 0.05) is 15.5 Å². The zero-order valence-electron chi connectivity index (χ0n) is 11.1. The molecule has 100 valence electrons. The molecule has 1 N–H and O–H groups in total. The van der Waals surface area contributed by atoms with Gasteiger partial charge in [-0.3, -0.25) is 0 Å². The molecule has 0 aliphatic carbocycles. The van der Waals surface area contributed by atoms with Crippen molar-refractivity contribution < 1.29 is 0 Å². The third kappa shape index (κ3) is 3.82. The van der Waals surface area contributed by atoms with Crippen molar-refractivity contribution in [1.29, 1.82) is 0 Å². The van der Waals surface area contributed by atoms with E-state index < -0.39 is 0 Å². The molecule has 0 heterocycles. The summed E-state index contributed by atoms with van der Waals surface area (Å²) < 4.78 is 1.12. The minimum atomic E-state index is 0.298. The molecule has 1 nitrogen and oxygen atoms in total. The fourth-order valence-corrected chi connectivity index (χ4v) is 2.99. The van der Waals surface area contributed by atoms with Crippen LogP contribution < -0.4 is 5.32 Å². The molecule has 2 aromatic rings. The first-order chi connectivity index (χ1) is 9.10. The minimum absolute atomic E-state index is 0.298. The van der Waals surface area contributed by atoms with Crippen molar-refractivity contribution in [2.75, 3.05) is 7.05 Å². The standard InChI is InChI=1S/C16H17BrClN/c1-11-8-13(17)6-7-15(11)16(19-2)10-12-4-3-5-14(18)9-12/h3-9,16,19H,10H2,1-2H3. The highest BCUT2D eigenvalue weighted by Gasteiger charge is 2.12. The molecule has 3 heteroatoms. The van der Waals surface area contributed by atoms with E-state index in [1.165, 1.54) is 16.7 Å². The van der Waals surface area contributed by atoms with Crippen LogP contribution in [0.1, 0.15) is 22.7 Å². The molecule has 1 atom stereocenters. The lowest BCUT2D eigenvalue weighted by Crippen LogP contribution is -2.19. The lowest BCUT2D eigenvalue weighted by Gasteiger charge is -2.19. The number of halogens is 2. The molecule has 0 saturated carbocycles. The summed E-state index contributed by atoms with van der Waals surface area (Å²) in [6, 6.07) is 14.8. The predicted octanol–water partition coefficient (Wildman–Crippen LogP) is 4.91. The summed E-state index contributed by atoms with van der Waals surface area (Å²) in [4.78, 5) is 0. The highest BCUT2D eigenvalue weighted by Crippen LogP contribution is 2.25. The maximum Gasteiger partial charge on any atom is 0.0408 e. The summed E-state index contributed by atoms with van der Waals surface area (Å²) in [6.07, 6.45) is 0.930. The molecule has 1 unspecified atom stereocenters. The third-order valence-electron chi connectivity index (χ3n) is 3.28. The van der Waals surface area contributed by atoms with Crippen molar-refractivity contribution in [3.05, 3.63) is 68.7 Å². The first-order valence-corrected chi connectivity index (χ1v) is 7.45. The second-order valence-electron chi connectivity index (χ2n) is 4.68. The van der Waals surface area contributed by atoms with Crippen LogP contribution in [0, 0.1) is 6.92 Å². The fourth-order valence-electron chi connectivity index (χ4n) is 2.30. The molecule has 0 aliphatic rings. The molecule has 0 aromatic heterocycles. The lowest BCUT2D eigenvalue weighted by atomic mass is 9.95. The molecule has 2 aromatic carbocycles. The molecule has 0 bridgehead atoms. The number of hydrogen-bond donors (Lipinski definition) is 1. The molecule has 19 heavy (non-hydrogen) atoms. The quantitative estimate of drug-likeness (QED) is 0.835. The zero-order valence-corrected chi connectivity index (χ0v) is 13.4. The zero-order chi connectivity index (χ0) is 13.8. The number of benzene rings is 2. The maximum atomic E-state index is 6.04. The molecular formula is C16H17BrClN. The Labute approximate surface area is 128 Å². The van der Waals surface area contributed by atoms with Crippen molar-refractivity contribution in [1.82, 2.24) is 5.32 Å². The number of hydrogen-bond acceptors (Lipinski definition) is 1. The van der Waals surface area contributed by atoms with Crippen LogP contribution in [0.4, 0.5) is 0 Å². The lowest BCUT2D eigenvalue weighted by molar-refractivity contribution is 0.589. The minimum Gasteiger partial charge on any atom is -0.313 e. The fraction of sp³-hybridized carbons (Fsp3) is 0.250. The van der Waals surface area contributed by atoms with Gasteiger partial charge in [0.2, 0.25) is 0 Å². The van der Waals surface area contributed by atoms with Gasteiger partial charge in [0.15, 0.2) is 0 Å². The van der Waals surface area contributed by atoms with Crippen molar-refractivity contribution in [3.8, 4) is 0 Å². The predicted molar refractivity (Wildman–Crippen MR) is 85.8 cm³/mol. The van der Waals surface area contributed by atoms with E-state index in [4.69, 9.17) is 11.6 Å². The van der Waals surface area contributed by atoms with Gasteiger partial charge < -0.3 is 5.32 Å². The smallest absolute Gasteiger partial charge is 0.0408 e. The molecule has 2 rings (SSSR count). The first-order valence-electron chi connectivity index (χ1n) is 6.28. The van der Waals surface area contributed by atoms with Gasteiger partial charge in [-0.2, -0.15) is 0 Å². The molecular weight excluding hydrogens is 322 g/mol. The average Bonchev–Trinajstić information content (AvgIpc) is 2.37. The van der Waals surface area contributed by atoms with Crippen molar-refractivity contribution in [3.63, 3.8) is 0 Å². The average molecular weight is 339 g/mol. The third-order valence-corrected chi connectivity index (χ3v) is 4.01. The Balaban J connectivity index is 2.25. The largest absolute Gasteiger partial charge is 0.313 e. The van der Waals surface area contributed by atoms with Crippen molar-refractivity contribution in [2.24, 2.45) is 0 Å². The van der Waals surface area contributed by atoms with Gasteiger partial charge in [0.25, 0.3) is 0 Å². The van der Waals surface area contributed by atoms with Crippen LogP contribution in [0.15, 0.2) is 46.9 Å². The summed E-state index contributed by atoms with van der Waals surface area (Å²) >= 11 is 9.55. The van der Waals surface area contributed by atoms with Crippen LogP contribution in [0.2, 0.25) is 5.02 Å². The second kappa shape index (κ2) is 6.56. The summed E-state index contributed by atoms with van der Waals surface area (Å²) in [7, 11) is 2.00. The van der Waals surface area contributed by atoms with E-state index in [1.807, 2.05) is 25.2 Å². The molecule has 0 amide bonds. The number of rotatable bonds is 4. The van der Waals surface area contributed by atoms with E-state index in [0.29, 0.717) is 6.04 Å². The molecule has 0 aliphatic heterocycles. The van der Waals surface area contributed by atoms with Gasteiger partial charge in [-0.05, 0) is 61.3 Å². The number of aryl methyl sites for hydroxylation is 1. The monoisotopic (exact) mass is 337 g/mol. The van der Waals surface area contributed by atoms with Crippen LogP contribution in [-0.2, 0) is 6.42 Å². The van der Waals surface area contributed by atoms with E-state index in [1.54, 1.807) is 0 Å². The Bertz CT molecular complexity index is 568. The topological polar surface area (TPSA) is 12.0 Å². The highest BCUT2D eigenvalue weighted by atomic mass is 79.9. The van der Waals surface area contributed by atoms with Crippen LogP contribution in [0.25, 0.3) is 0 Å². The van der Waals surface area contributed by atoms with Gasteiger partial charge in [0.05, 0.1) is 0 Å². The van der Waals surface area contributed by atoms with E-state index in [-0.39, 0.29) is 0 Å². The van der Waals surface area contributed by atoms with Crippen LogP contribution in [-0.4, -0.2) is 7.05 Å². The second-order valence-corrected chi connectivity index (χ2v) is 6.03. The summed E-state index contributed by atoms with van der Waals surface area (Å²) in [5.41, 5.74) is 3.86. The number of likely N-dealkylation sites (N-methyl/N-ethyl adjacent to an activating group) is 1. The Kier molecular flexibility index (Phi) is 5.03. The van der Waals surface area contributed by atoms with Crippen molar-refractivity contribution >= 4 is 27.5 Å². The molecule has 0 spiro atoms. The summed E-state index contributed by atoms with van der Waals surface area (Å²) in [5, 5.41) is 4.18. The molecule has 0 fully saturated rings. The van der Waals surface area contributed by atoms with E-state index in [0.717, 1.165) is 15.9 Å². The van der Waals surface area contributed by atoms with E-state index in [2.05, 4.69) is 52.4 Å². The highest BCUT2D eigenvalue weighted by molar-refractivity contribution is 9.10. The van der Waals surface area contributed by atoms with Gasteiger partial charge in [-0.15, -0.1) is 0 Å². The molecule has 0 radical (unpaired) electrons. The van der Waals surface area contributed by atoms with Crippen LogP contribution >= 0.6 is 27.5 Å². The van der Waals surface area contributed by atoms with Gasteiger partial charge >= 0.3 is 0 Å². The first kappa shape index (κ1) is 14.6. The Morgan fingerprint density at radius 2 is 2.00 bits per heavy atom. The van der Waals surface area contributed by atoms with Gasteiger partial charge in [0.1, 0.15) is 0 Å². The Morgan fingerprint density at radius 1 is 1.21 bits per heavy atom. The van der Waals surface area contributed by atoms with Crippen LogP contribution in [0.5, 0.6) is 0 Å². The molecule has 0 saturated heterocycles. The van der Waals surface area contributed by atoms with E-state index >= 15 is 0 Å². The van der Waals surface area contributed by atoms with E-state index in [9.17, 15) is 0 Å². The Hall–Kier alpha value is -0.830. The number of nitrogens with one attached hydrogen (secondary N) is 1. The van der Waals surface area contributed by atoms with Gasteiger partial charge in [-0.25, -0.2) is 0 Å². The summed E-state index contributed by atoms with van der Waals surface area (Å²) in [6.45, 7) is 2.14. The Morgan fingerprint density at radius 3 is 2.63 bits per heavy atom. The SMILES string of the molecule is CNC(Cc1cccc(Cl)c1)c1ccc(Br)cc1C. The van der Waals surface area contributed by atoms with Crippen LogP contribution in [0.3, 0.4) is 0 Å². The van der Waals surface area contributed by atoms with Gasteiger partial charge in [-0.1, -0.05) is 45.7 Å².